The van der Waals surface area contributed by atoms with Crippen molar-refractivity contribution < 1.29 is 18.0 Å². The standard InChI is InChI=1S/C22H18F3N5OS/c1-13-19-20(30(27-13)16-5-3-15(23)4-6-16)26-22(32-19)29-10-8-28(9-11-29)21(31)14-2-7-17(24)18(25)12-14/h2-7,12H,8-11H2,1H3. The molecule has 0 spiro atoms. The average molecular weight is 457 g/mol. The normalized spacial score (nSPS) is 14.4. The van der Waals surface area contributed by atoms with Gasteiger partial charge in [-0.05, 0) is 49.4 Å². The fourth-order valence-corrected chi connectivity index (χ4v) is 4.77. The Morgan fingerprint density at radius 2 is 1.69 bits per heavy atom. The van der Waals surface area contributed by atoms with E-state index in [4.69, 9.17) is 4.98 Å². The lowest BCUT2D eigenvalue weighted by atomic mass is 10.1. The fraction of sp³-hybridized carbons (Fsp3) is 0.227. The number of amides is 1. The lowest BCUT2D eigenvalue weighted by Gasteiger charge is -2.34. The molecular weight excluding hydrogens is 439 g/mol. The highest BCUT2D eigenvalue weighted by atomic mass is 32.1. The van der Waals surface area contributed by atoms with E-state index in [0.29, 0.717) is 31.8 Å². The Morgan fingerprint density at radius 1 is 0.969 bits per heavy atom. The largest absolute Gasteiger partial charge is 0.344 e. The number of fused-ring (bicyclic) bond motifs is 1. The van der Waals surface area contributed by atoms with Crippen molar-refractivity contribution in [1.82, 2.24) is 19.7 Å². The van der Waals surface area contributed by atoms with Gasteiger partial charge in [-0.1, -0.05) is 11.3 Å². The summed E-state index contributed by atoms with van der Waals surface area (Å²) in [5, 5.41) is 5.35. The van der Waals surface area contributed by atoms with Gasteiger partial charge in [0, 0.05) is 31.7 Å². The summed E-state index contributed by atoms with van der Waals surface area (Å²) in [6.07, 6.45) is 0. The number of aryl methyl sites for hydroxylation is 1. The summed E-state index contributed by atoms with van der Waals surface area (Å²) in [7, 11) is 0. The van der Waals surface area contributed by atoms with E-state index >= 15 is 0 Å². The third-order valence-corrected chi connectivity index (χ3v) is 6.67. The topological polar surface area (TPSA) is 54.3 Å². The van der Waals surface area contributed by atoms with Crippen molar-refractivity contribution >= 4 is 32.7 Å². The molecule has 0 unspecified atom stereocenters. The molecule has 0 bridgehead atoms. The van der Waals surface area contributed by atoms with Gasteiger partial charge in [0.1, 0.15) is 5.82 Å². The van der Waals surface area contributed by atoms with Crippen LogP contribution < -0.4 is 4.90 Å². The van der Waals surface area contributed by atoms with E-state index in [1.165, 1.54) is 29.5 Å². The van der Waals surface area contributed by atoms with E-state index in [1.807, 2.05) is 6.92 Å². The molecule has 1 amide bonds. The lowest BCUT2D eigenvalue weighted by Crippen LogP contribution is -2.48. The molecule has 1 aliphatic heterocycles. The van der Waals surface area contributed by atoms with Crippen molar-refractivity contribution in [2.24, 2.45) is 0 Å². The Balaban J connectivity index is 1.34. The first-order valence-corrected chi connectivity index (χ1v) is 10.8. The summed E-state index contributed by atoms with van der Waals surface area (Å²) in [4.78, 5) is 21.1. The number of halogens is 3. The number of anilines is 1. The van der Waals surface area contributed by atoms with Crippen LogP contribution in [-0.2, 0) is 0 Å². The molecule has 0 saturated carbocycles. The van der Waals surface area contributed by atoms with Gasteiger partial charge < -0.3 is 9.80 Å². The maximum Gasteiger partial charge on any atom is 0.254 e. The Labute approximate surface area is 185 Å². The van der Waals surface area contributed by atoms with E-state index in [2.05, 4.69) is 10.00 Å². The molecule has 1 aliphatic rings. The summed E-state index contributed by atoms with van der Waals surface area (Å²) < 4.78 is 42.6. The van der Waals surface area contributed by atoms with Crippen molar-refractivity contribution in [1.29, 1.82) is 0 Å². The van der Waals surface area contributed by atoms with Crippen LogP contribution in [0.1, 0.15) is 16.1 Å². The van der Waals surface area contributed by atoms with Crippen molar-refractivity contribution in [2.75, 3.05) is 31.1 Å². The monoisotopic (exact) mass is 457 g/mol. The predicted octanol–water partition coefficient (Wildman–Crippen LogP) is 4.17. The maximum atomic E-state index is 13.5. The van der Waals surface area contributed by atoms with Gasteiger partial charge in [0.2, 0.25) is 0 Å². The van der Waals surface area contributed by atoms with Crippen LogP contribution in [0.25, 0.3) is 16.0 Å². The molecule has 0 aliphatic carbocycles. The minimum absolute atomic E-state index is 0.132. The van der Waals surface area contributed by atoms with Gasteiger partial charge in [0.25, 0.3) is 5.91 Å². The first-order valence-electron chi connectivity index (χ1n) is 10.0. The Hall–Kier alpha value is -3.40. The number of hydrogen-bond acceptors (Lipinski definition) is 5. The SMILES string of the molecule is Cc1nn(-c2ccc(F)cc2)c2nc(N3CCN(C(=O)c4ccc(F)c(F)c4)CC3)sc12. The van der Waals surface area contributed by atoms with E-state index < -0.39 is 11.6 Å². The van der Waals surface area contributed by atoms with Crippen LogP contribution in [0.15, 0.2) is 42.5 Å². The minimum atomic E-state index is -1.03. The van der Waals surface area contributed by atoms with Crippen LogP contribution in [0, 0.1) is 24.4 Å². The van der Waals surface area contributed by atoms with Crippen LogP contribution >= 0.6 is 11.3 Å². The third kappa shape index (κ3) is 3.60. The summed E-state index contributed by atoms with van der Waals surface area (Å²) in [5.41, 5.74) is 2.39. The molecule has 4 aromatic rings. The molecule has 0 N–H and O–H groups in total. The number of carbonyl (C=O) groups excluding carboxylic acids is 1. The second kappa shape index (κ2) is 7.94. The van der Waals surface area contributed by atoms with Crippen LogP contribution in [-0.4, -0.2) is 51.8 Å². The molecule has 164 valence electrons. The Kier molecular flexibility index (Phi) is 5.09. The molecule has 2 aromatic heterocycles. The van der Waals surface area contributed by atoms with Crippen LogP contribution in [0.5, 0.6) is 0 Å². The number of hydrogen-bond donors (Lipinski definition) is 0. The molecule has 6 nitrogen and oxygen atoms in total. The van der Waals surface area contributed by atoms with Gasteiger partial charge in [-0.3, -0.25) is 4.79 Å². The van der Waals surface area contributed by atoms with E-state index in [0.717, 1.165) is 33.3 Å². The van der Waals surface area contributed by atoms with Gasteiger partial charge in [-0.2, -0.15) is 10.1 Å². The van der Waals surface area contributed by atoms with Crippen LogP contribution in [0.4, 0.5) is 18.3 Å². The summed E-state index contributed by atoms with van der Waals surface area (Å²) >= 11 is 1.52. The molecule has 2 aromatic carbocycles. The Morgan fingerprint density at radius 3 is 2.38 bits per heavy atom. The molecular formula is C22H18F3N5OS. The molecule has 5 rings (SSSR count). The quantitative estimate of drug-likeness (QED) is 0.464. The summed E-state index contributed by atoms with van der Waals surface area (Å²) in [6, 6.07) is 9.27. The molecule has 3 heterocycles. The third-order valence-electron chi connectivity index (χ3n) is 5.45. The number of nitrogens with zero attached hydrogens (tertiary/aromatic N) is 5. The van der Waals surface area contributed by atoms with E-state index in [-0.39, 0.29) is 17.3 Å². The highest BCUT2D eigenvalue weighted by molar-refractivity contribution is 7.22. The number of thiazole rings is 1. The molecule has 10 heteroatoms. The van der Waals surface area contributed by atoms with Crippen molar-refractivity contribution in [3.05, 3.63) is 71.2 Å². The van der Waals surface area contributed by atoms with E-state index in [9.17, 15) is 18.0 Å². The van der Waals surface area contributed by atoms with Crippen molar-refractivity contribution in [3.8, 4) is 5.69 Å². The second-order valence-electron chi connectivity index (χ2n) is 7.53. The van der Waals surface area contributed by atoms with Crippen molar-refractivity contribution in [3.63, 3.8) is 0 Å². The smallest absolute Gasteiger partial charge is 0.254 e. The van der Waals surface area contributed by atoms with Gasteiger partial charge in [-0.15, -0.1) is 0 Å². The Bertz CT molecular complexity index is 1310. The van der Waals surface area contributed by atoms with Gasteiger partial charge in [-0.25, -0.2) is 17.9 Å². The summed E-state index contributed by atoms with van der Waals surface area (Å²) in [5.74, 6) is -2.65. The molecule has 1 fully saturated rings. The minimum Gasteiger partial charge on any atom is -0.344 e. The van der Waals surface area contributed by atoms with Crippen LogP contribution in [0.3, 0.4) is 0 Å². The first-order chi connectivity index (χ1) is 15.4. The number of aromatic nitrogens is 3. The number of benzene rings is 2. The second-order valence-corrected chi connectivity index (χ2v) is 8.51. The number of piperazine rings is 1. The van der Waals surface area contributed by atoms with Gasteiger partial charge in [0.15, 0.2) is 22.4 Å². The molecule has 0 atom stereocenters. The van der Waals surface area contributed by atoms with Gasteiger partial charge >= 0.3 is 0 Å². The molecule has 0 radical (unpaired) electrons. The maximum absolute atomic E-state index is 13.5. The predicted molar refractivity (Wildman–Crippen MR) is 116 cm³/mol. The number of carbonyl (C=O) groups is 1. The van der Waals surface area contributed by atoms with Crippen molar-refractivity contribution in [2.45, 2.75) is 6.92 Å². The lowest BCUT2D eigenvalue weighted by molar-refractivity contribution is 0.0746. The summed E-state index contributed by atoms with van der Waals surface area (Å²) in [6.45, 7) is 3.92. The number of rotatable bonds is 3. The highest BCUT2D eigenvalue weighted by Crippen LogP contribution is 2.33. The zero-order valence-corrected chi connectivity index (χ0v) is 17.9. The van der Waals surface area contributed by atoms with Crippen LogP contribution in [0.2, 0.25) is 0 Å². The molecule has 1 saturated heterocycles. The zero-order chi connectivity index (χ0) is 22.4. The van der Waals surface area contributed by atoms with Gasteiger partial charge in [0.05, 0.1) is 16.1 Å². The average Bonchev–Trinajstić information content (AvgIpc) is 3.36. The fourth-order valence-electron chi connectivity index (χ4n) is 3.73. The molecule has 32 heavy (non-hydrogen) atoms. The zero-order valence-electron chi connectivity index (χ0n) is 17.1. The first kappa shape index (κ1) is 20.5. The highest BCUT2D eigenvalue weighted by Gasteiger charge is 2.26. The van der Waals surface area contributed by atoms with E-state index in [1.54, 1.807) is 21.7 Å².